The van der Waals surface area contributed by atoms with E-state index in [0.717, 1.165) is 37.0 Å². The molecule has 0 N–H and O–H groups in total. The van der Waals surface area contributed by atoms with E-state index < -0.39 is 14.0 Å². The fourth-order valence-corrected chi connectivity index (χ4v) is 4.84. The molecule has 4 heteroatoms. The lowest BCUT2D eigenvalue weighted by molar-refractivity contribution is -0.241. The molecule has 1 fully saturated rings. The van der Waals surface area contributed by atoms with E-state index in [1.54, 1.807) is 12.1 Å². The van der Waals surface area contributed by atoms with E-state index in [0.29, 0.717) is 16.9 Å². The Balaban J connectivity index is 1.87. The summed E-state index contributed by atoms with van der Waals surface area (Å²) in [5, 5.41) is 1.16. The van der Waals surface area contributed by atoms with Crippen molar-refractivity contribution in [3.8, 4) is 0 Å². The molecule has 1 aromatic rings. The lowest BCUT2D eigenvalue weighted by Crippen LogP contribution is -2.40. The average Bonchev–Trinajstić information content (AvgIpc) is 2.65. The Kier molecular flexibility index (Phi) is 6.64. The van der Waals surface area contributed by atoms with E-state index in [-0.39, 0.29) is 0 Å². The van der Waals surface area contributed by atoms with Crippen molar-refractivity contribution in [1.29, 1.82) is 0 Å². The molecular formula is C22H31O3Si. The molecule has 0 atom stereocenters. The summed E-state index contributed by atoms with van der Waals surface area (Å²) in [5.41, 5.74) is 4.75. The van der Waals surface area contributed by atoms with E-state index in [1.807, 2.05) is 23.5 Å². The first kappa shape index (κ1) is 20.7. The molecule has 3 nitrogen and oxygen atoms in total. The van der Waals surface area contributed by atoms with E-state index in [4.69, 9.17) is 9.78 Å². The van der Waals surface area contributed by atoms with Gasteiger partial charge in [-0.05, 0) is 49.1 Å². The maximum atomic E-state index is 12.2. The monoisotopic (exact) mass is 371 g/mol. The summed E-state index contributed by atoms with van der Waals surface area (Å²) in [6.07, 6.45) is 4.75. The van der Waals surface area contributed by atoms with Crippen molar-refractivity contribution in [1.82, 2.24) is 0 Å². The van der Waals surface area contributed by atoms with Gasteiger partial charge < -0.3 is 0 Å². The zero-order valence-electron chi connectivity index (χ0n) is 16.5. The van der Waals surface area contributed by atoms with Crippen LogP contribution >= 0.6 is 0 Å². The molecule has 141 valence electrons. The lowest BCUT2D eigenvalue weighted by atomic mass is 9.72. The third-order valence-electron chi connectivity index (χ3n) is 5.59. The number of benzene rings is 1. The lowest BCUT2D eigenvalue weighted by Gasteiger charge is -2.35. The van der Waals surface area contributed by atoms with Gasteiger partial charge in [0.05, 0.1) is 5.56 Å². The van der Waals surface area contributed by atoms with Crippen molar-refractivity contribution >= 4 is 19.2 Å². The van der Waals surface area contributed by atoms with Crippen molar-refractivity contribution in [2.24, 2.45) is 11.3 Å². The second-order valence-electron chi connectivity index (χ2n) is 8.40. The summed E-state index contributed by atoms with van der Waals surface area (Å²) in [6, 6.07) is 7.46. The fraction of sp³-hybridized carbons (Fsp3) is 0.455. The van der Waals surface area contributed by atoms with Gasteiger partial charge in [-0.3, -0.25) is 4.89 Å². The Morgan fingerprint density at radius 2 is 1.65 bits per heavy atom. The van der Waals surface area contributed by atoms with Crippen molar-refractivity contribution < 1.29 is 14.6 Å². The highest BCUT2D eigenvalue weighted by Gasteiger charge is 2.31. The molecule has 0 unspecified atom stereocenters. The maximum absolute atomic E-state index is 12.2. The molecule has 1 aliphatic carbocycles. The van der Waals surface area contributed by atoms with Crippen LogP contribution < -0.4 is 5.19 Å². The minimum absolute atomic E-state index is 0.318. The van der Waals surface area contributed by atoms with Crippen molar-refractivity contribution in [3.05, 3.63) is 60.5 Å². The van der Waals surface area contributed by atoms with E-state index in [1.165, 1.54) is 0 Å². The molecule has 0 amide bonds. The van der Waals surface area contributed by atoms with Crippen molar-refractivity contribution in [3.63, 3.8) is 0 Å². The smallest absolute Gasteiger partial charge is 0.292 e. The van der Waals surface area contributed by atoms with Gasteiger partial charge in [0.25, 0.3) is 0 Å². The van der Waals surface area contributed by atoms with Gasteiger partial charge >= 0.3 is 5.97 Å². The van der Waals surface area contributed by atoms with Gasteiger partial charge in [0, 0.05) is 0 Å². The van der Waals surface area contributed by atoms with E-state index >= 15 is 0 Å². The Hall–Kier alpha value is -1.65. The van der Waals surface area contributed by atoms with Crippen LogP contribution in [0.25, 0.3) is 0 Å². The van der Waals surface area contributed by atoms with Gasteiger partial charge in [0.1, 0.15) is 14.2 Å². The Morgan fingerprint density at radius 3 is 2.12 bits per heavy atom. The van der Waals surface area contributed by atoms with Crippen LogP contribution in [0.15, 0.2) is 48.8 Å². The number of hydrogen-bond donors (Lipinski definition) is 0. The Bertz CT molecular complexity index is 626. The summed E-state index contributed by atoms with van der Waals surface area (Å²) in [6.45, 7) is 16.8. The standard InChI is InChI=1S/C22H31O3Si/c1-7-26(6,8-2)20-15-9-17(10-16-20)21(23)25-24-19-13-11-18(12-14-19)22(3,4)5/h7-10,15-16,18H,1-2,11-14H2,3-6H3. The van der Waals surface area contributed by atoms with Gasteiger partial charge in [0.2, 0.25) is 0 Å². The number of carbonyl (C=O) groups is 1. The van der Waals surface area contributed by atoms with Gasteiger partial charge in [-0.2, -0.15) is 4.89 Å². The SMILES string of the molecule is C=C[Si](C)(C=C)c1ccc(C(=O)OO[C]2CCC(C(C)(C)C)CC2)cc1. The van der Waals surface area contributed by atoms with E-state index in [2.05, 4.69) is 40.5 Å². The summed E-state index contributed by atoms with van der Waals surface area (Å²) in [4.78, 5) is 22.6. The van der Waals surface area contributed by atoms with Gasteiger partial charge in [-0.1, -0.05) is 56.0 Å². The summed E-state index contributed by atoms with van der Waals surface area (Å²) >= 11 is 0. The van der Waals surface area contributed by atoms with Crippen LogP contribution in [0.1, 0.15) is 56.8 Å². The molecule has 0 aromatic heterocycles. The molecule has 0 saturated heterocycles. The summed E-state index contributed by atoms with van der Waals surface area (Å²) in [5.74, 6) is 0.230. The predicted molar refractivity (Wildman–Crippen MR) is 109 cm³/mol. The Morgan fingerprint density at radius 1 is 1.12 bits per heavy atom. The predicted octanol–water partition coefficient (Wildman–Crippen LogP) is 5.28. The molecule has 0 heterocycles. The summed E-state index contributed by atoms with van der Waals surface area (Å²) < 4.78 is 0. The normalized spacial score (nSPS) is 16.9. The molecule has 26 heavy (non-hydrogen) atoms. The molecule has 0 spiro atoms. The third-order valence-corrected chi connectivity index (χ3v) is 8.87. The van der Waals surface area contributed by atoms with Crippen LogP contribution in [0, 0.1) is 17.4 Å². The van der Waals surface area contributed by atoms with Crippen LogP contribution in [0.2, 0.25) is 6.55 Å². The highest BCUT2D eigenvalue weighted by molar-refractivity contribution is 6.98. The average molecular weight is 372 g/mol. The minimum atomic E-state index is -1.86. The first-order valence-electron chi connectivity index (χ1n) is 9.31. The number of hydrogen-bond acceptors (Lipinski definition) is 3. The largest absolute Gasteiger partial charge is 0.373 e. The molecule has 1 radical (unpaired) electrons. The van der Waals surface area contributed by atoms with Crippen LogP contribution in [0.5, 0.6) is 0 Å². The van der Waals surface area contributed by atoms with Gasteiger partial charge in [0.15, 0.2) is 0 Å². The molecule has 1 aliphatic rings. The second kappa shape index (κ2) is 8.36. The molecule has 0 bridgehead atoms. The van der Waals surface area contributed by atoms with E-state index in [9.17, 15) is 4.79 Å². The zero-order chi connectivity index (χ0) is 19.4. The molecule has 1 aromatic carbocycles. The quantitative estimate of drug-likeness (QED) is 0.388. The van der Waals surface area contributed by atoms with Crippen LogP contribution in [-0.4, -0.2) is 14.0 Å². The second-order valence-corrected chi connectivity index (χ2v) is 12.4. The van der Waals surface area contributed by atoms with Gasteiger partial charge in [-0.25, -0.2) is 4.79 Å². The van der Waals surface area contributed by atoms with Crippen LogP contribution in [0.4, 0.5) is 0 Å². The highest BCUT2D eigenvalue weighted by Crippen LogP contribution is 2.40. The summed E-state index contributed by atoms with van der Waals surface area (Å²) in [7, 11) is -1.86. The first-order chi connectivity index (χ1) is 12.2. The molecule has 1 saturated carbocycles. The molecule has 0 aliphatic heterocycles. The van der Waals surface area contributed by atoms with Crippen molar-refractivity contribution in [2.45, 2.75) is 53.0 Å². The molecular weight excluding hydrogens is 340 g/mol. The zero-order valence-corrected chi connectivity index (χ0v) is 17.5. The highest BCUT2D eigenvalue weighted by atomic mass is 28.3. The first-order valence-corrected chi connectivity index (χ1v) is 12.0. The minimum Gasteiger partial charge on any atom is -0.292 e. The number of rotatable bonds is 6. The number of carbonyl (C=O) groups excluding carboxylic acids is 1. The van der Waals surface area contributed by atoms with Crippen LogP contribution in [0.3, 0.4) is 0 Å². The maximum Gasteiger partial charge on any atom is 0.373 e. The Labute approximate surface area is 159 Å². The molecule has 2 rings (SSSR count). The van der Waals surface area contributed by atoms with Crippen molar-refractivity contribution in [2.75, 3.05) is 0 Å². The fourth-order valence-electron chi connectivity index (χ4n) is 3.32. The van der Waals surface area contributed by atoms with Crippen LogP contribution in [-0.2, 0) is 9.78 Å². The van der Waals surface area contributed by atoms with Gasteiger partial charge in [-0.15, -0.1) is 13.2 Å². The topological polar surface area (TPSA) is 35.5 Å². The third kappa shape index (κ3) is 4.95.